The Morgan fingerprint density at radius 1 is 1.00 bits per heavy atom. The van der Waals surface area contributed by atoms with Crippen LogP contribution in [0.1, 0.15) is 37.4 Å². The summed E-state index contributed by atoms with van der Waals surface area (Å²) in [7, 11) is 0. The van der Waals surface area contributed by atoms with Crippen LogP contribution in [0.25, 0.3) is 0 Å². The molecule has 0 aliphatic carbocycles. The van der Waals surface area contributed by atoms with Crippen molar-refractivity contribution in [3.05, 3.63) is 59.7 Å². The summed E-state index contributed by atoms with van der Waals surface area (Å²) in [5.74, 6) is 0.386. The van der Waals surface area contributed by atoms with Gasteiger partial charge in [0, 0.05) is 17.6 Å². The van der Waals surface area contributed by atoms with Crippen LogP contribution in [0, 0.1) is 0 Å². The van der Waals surface area contributed by atoms with E-state index in [0.29, 0.717) is 6.04 Å². The molecule has 3 heteroatoms. The summed E-state index contributed by atoms with van der Waals surface area (Å²) in [6, 6.07) is 15.3. The first-order valence-corrected chi connectivity index (χ1v) is 7.38. The summed E-state index contributed by atoms with van der Waals surface area (Å²) in [6.45, 7) is 4.13. The Balaban J connectivity index is 1.90. The molecule has 0 amide bonds. The summed E-state index contributed by atoms with van der Waals surface area (Å²) in [4.78, 5) is 0. The first-order valence-electron chi connectivity index (χ1n) is 7.38. The van der Waals surface area contributed by atoms with Crippen LogP contribution in [0.5, 0.6) is 11.5 Å². The Labute approximate surface area is 126 Å². The predicted molar refractivity (Wildman–Crippen MR) is 85.5 cm³/mol. The van der Waals surface area contributed by atoms with E-state index in [0.717, 1.165) is 18.4 Å². The molecule has 2 aromatic rings. The quantitative estimate of drug-likeness (QED) is 0.708. The van der Waals surface area contributed by atoms with Crippen LogP contribution < -0.4 is 5.32 Å². The number of aromatic hydroxyl groups is 2. The van der Waals surface area contributed by atoms with E-state index in [-0.39, 0.29) is 17.5 Å². The highest BCUT2D eigenvalue weighted by molar-refractivity contribution is 5.40. The molecule has 0 radical (unpaired) electrons. The Hall–Kier alpha value is -2.00. The van der Waals surface area contributed by atoms with Gasteiger partial charge in [-0.25, -0.2) is 0 Å². The van der Waals surface area contributed by atoms with Crippen molar-refractivity contribution in [1.82, 2.24) is 5.32 Å². The Morgan fingerprint density at radius 3 is 2.43 bits per heavy atom. The molecule has 0 fully saturated rings. The van der Waals surface area contributed by atoms with Gasteiger partial charge in [0.25, 0.3) is 0 Å². The van der Waals surface area contributed by atoms with Gasteiger partial charge >= 0.3 is 0 Å². The molecule has 112 valence electrons. The summed E-state index contributed by atoms with van der Waals surface area (Å²) in [5.41, 5.74) is 2.06. The normalized spacial score (nSPS) is 13.8. The van der Waals surface area contributed by atoms with Gasteiger partial charge in [0.15, 0.2) is 0 Å². The van der Waals surface area contributed by atoms with Gasteiger partial charge in [-0.2, -0.15) is 0 Å². The third kappa shape index (κ3) is 4.50. The number of phenols is 2. The van der Waals surface area contributed by atoms with Crippen molar-refractivity contribution in [2.24, 2.45) is 0 Å². The van der Waals surface area contributed by atoms with E-state index < -0.39 is 0 Å². The van der Waals surface area contributed by atoms with Gasteiger partial charge in [-0.3, -0.25) is 0 Å². The van der Waals surface area contributed by atoms with E-state index in [2.05, 4.69) is 36.5 Å². The van der Waals surface area contributed by atoms with Gasteiger partial charge in [0.05, 0.1) is 0 Å². The molecular formula is C18H23NO2. The molecule has 3 nitrogen and oxygen atoms in total. The number of hydrogen-bond acceptors (Lipinski definition) is 3. The fourth-order valence-electron chi connectivity index (χ4n) is 2.52. The molecule has 0 aromatic heterocycles. The van der Waals surface area contributed by atoms with Crippen LogP contribution >= 0.6 is 0 Å². The number of aryl methyl sites for hydroxylation is 1. The highest BCUT2D eigenvalue weighted by Crippen LogP contribution is 2.28. The smallest absolute Gasteiger partial charge is 0.120 e. The molecule has 21 heavy (non-hydrogen) atoms. The van der Waals surface area contributed by atoms with E-state index in [9.17, 15) is 10.2 Å². The monoisotopic (exact) mass is 285 g/mol. The number of benzene rings is 2. The van der Waals surface area contributed by atoms with Crippen LogP contribution in [0.3, 0.4) is 0 Å². The zero-order valence-corrected chi connectivity index (χ0v) is 12.6. The Bertz CT molecular complexity index is 569. The third-order valence-electron chi connectivity index (χ3n) is 3.72. The number of rotatable bonds is 6. The van der Waals surface area contributed by atoms with Gasteiger partial charge in [-0.15, -0.1) is 0 Å². The minimum atomic E-state index is -0.0112. The molecule has 0 aliphatic heterocycles. The summed E-state index contributed by atoms with van der Waals surface area (Å²) in [5, 5.41) is 22.9. The second-order valence-electron chi connectivity index (χ2n) is 5.56. The van der Waals surface area contributed by atoms with Gasteiger partial charge < -0.3 is 15.5 Å². The maximum absolute atomic E-state index is 9.88. The van der Waals surface area contributed by atoms with Crippen molar-refractivity contribution in [3.8, 4) is 11.5 Å². The number of nitrogens with one attached hydrogen (secondary N) is 1. The highest BCUT2D eigenvalue weighted by Gasteiger charge is 2.13. The molecule has 3 N–H and O–H groups in total. The summed E-state index contributed by atoms with van der Waals surface area (Å²) in [6.07, 6.45) is 2.04. The molecule has 2 atom stereocenters. The van der Waals surface area contributed by atoms with E-state index >= 15 is 0 Å². The first-order chi connectivity index (χ1) is 10.1. The molecule has 0 saturated carbocycles. The molecule has 2 unspecified atom stereocenters. The van der Waals surface area contributed by atoms with E-state index in [1.165, 1.54) is 17.7 Å². The van der Waals surface area contributed by atoms with Gasteiger partial charge in [0.1, 0.15) is 11.5 Å². The second kappa shape index (κ2) is 7.14. The average Bonchev–Trinajstić information content (AvgIpc) is 2.48. The minimum absolute atomic E-state index is 0.0112. The van der Waals surface area contributed by atoms with Gasteiger partial charge in [-0.05, 0) is 50.5 Å². The molecule has 0 heterocycles. The van der Waals surface area contributed by atoms with Crippen LogP contribution in [-0.2, 0) is 6.42 Å². The van der Waals surface area contributed by atoms with Crippen LogP contribution in [0.4, 0.5) is 0 Å². The highest BCUT2D eigenvalue weighted by atomic mass is 16.3. The lowest BCUT2D eigenvalue weighted by Crippen LogP contribution is -2.29. The SMILES string of the molecule is CC(CCc1ccccc1)NC(C)c1cc(O)ccc1O. The summed E-state index contributed by atoms with van der Waals surface area (Å²) < 4.78 is 0. The van der Waals surface area contributed by atoms with E-state index in [4.69, 9.17) is 0 Å². The van der Waals surface area contributed by atoms with Crippen LogP contribution in [0.15, 0.2) is 48.5 Å². The Kier molecular flexibility index (Phi) is 5.23. The van der Waals surface area contributed by atoms with Crippen molar-refractivity contribution in [2.75, 3.05) is 0 Å². The third-order valence-corrected chi connectivity index (χ3v) is 3.72. The zero-order valence-electron chi connectivity index (χ0n) is 12.6. The molecular weight excluding hydrogens is 262 g/mol. The van der Waals surface area contributed by atoms with Gasteiger partial charge in [0.2, 0.25) is 0 Å². The largest absolute Gasteiger partial charge is 0.508 e. The molecule has 0 spiro atoms. The molecule has 2 aromatic carbocycles. The molecule has 0 aliphatic rings. The van der Waals surface area contributed by atoms with E-state index in [1.54, 1.807) is 6.07 Å². The maximum Gasteiger partial charge on any atom is 0.120 e. The first kappa shape index (κ1) is 15.4. The number of hydrogen-bond donors (Lipinski definition) is 3. The fourth-order valence-corrected chi connectivity index (χ4v) is 2.52. The van der Waals surface area contributed by atoms with Crippen molar-refractivity contribution in [2.45, 2.75) is 38.8 Å². The fraction of sp³-hybridized carbons (Fsp3) is 0.333. The van der Waals surface area contributed by atoms with Crippen LogP contribution in [0.2, 0.25) is 0 Å². The lowest BCUT2D eigenvalue weighted by molar-refractivity contribution is 0.418. The maximum atomic E-state index is 9.88. The standard InChI is InChI=1S/C18H23NO2/c1-13(8-9-15-6-4-3-5-7-15)19-14(2)17-12-16(20)10-11-18(17)21/h3-7,10-14,19-21H,8-9H2,1-2H3. The summed E-state index contributed by atoms with van der Waals surface area (Å²) >= 11 is 0. The second-order valence-corrected chi connectivity index (χ2v) is 5.56. The van der Waals surface area contributed by atoms with Gasteiger partial charge in [-0.1, -0.05) is 30.3 Å². The predicted octanol–water partition coefficient (Wildman–Crippen LogP) is 3.77. The van der Waals surface area contributed by atoms with Crippen molar-refractivity contribution < 1.29 is 10.2 Å². The zero-order chi connectivity index (χ0) is 15.2. The van der Waals surface area contributed by atoms with Crippen molar-refractivity contribution in [1.29, 1.82) is 0 Å². The molecule has 0 bridgehead atoms. The molecule has 2 rings (SSSR count). The van der Waals surface area contributed by atoms with Crippen LogP contribution in [-0.4, -0.2) is 16.3 Å². The lowest BCUT2D eigenvalue weighted by atomic mass is 10.0. The van der Waals surface area contributed by atoms with E-state index in [1.807, 2.05) is 13.0 Å². The number of phenolic OH excluding ortho intramolecular Hbond substituents is 2. The Morgan fingerprint density at radius 2 is 1.71 bits per heavy atom. The molecule has 0 saturated heterocycles. The topological polar surface area (TPSA) is 52.5 Å². The minimum Gasteiger partial charge on any atom is -0.508 e. The van der Waals surface area contributed by atoms with Crippen molar-refractivity contribution >= 4 is 0 Å². The van der Waals surface area contributed by atoms with Crippen molar-refractivity contribution in [3.63, 3.8) is 0 Å². The average molecular weight is 285 g/mol. The lowest BCUT2D eigenvalue weighted by Gasteiger charge is -2.21.